The van der Waals surface area contributed by atoms with Gasteiger partial charge < -0.3 is 4.90 Å². The molecule has 2 rings (SSSR count). The Balaban J connectivity index is 2.08. The van der Waals surface area contributed by atoms with E-state index in [4.69, 9.17) is 34.8 Å². The van der Waals surface area contributed by atoms with Gasteiger partial charge in [-0.3, -0.25) is 4.79 Å². The van der Waals surface area contributed by atoms with E-state index >= 15 is 0 Å². The third-order valence-electron chi connectivity index (χ3n) is 2.95. The lowest BCUT2D eigenvalue weighted by atomic mass is 10.2. The predicted molar refractivity (Wildman–Crippen MR) is 75.4 cm³/mol. The standard InChI is InChI=1S/C13H14Cl3NO/c14-6-5-13(18)17(10-2-3-10)8-9-1-4-11(15)12(16)7-9/h1,4,7,10H,2-3,5-6,8H2. The molecule has 1 amide bonds. The van der Waals surface area contributed by atoms with Crippen LogP contribution in [-0.4, -0.2) is 22.7 Å². The van der Waals surface area contributed by atoms with E-state index in [1.54, 1.807) is 6.07 Å². The Kier molecular flexibility index (Phi) is 4.77. The molecule has 0 aliphatic heterocycles. The maximum Gasteiger partial charge on any atom is 0.224 e. The van der Waals surface area contributed by atoms with Crippen molar-refractivity contribution in [2.45, 2.75) is 31.8 Å². The summed E-state index contributed by atoms with van der Waals surface area (Å²) in [5, 5.41) is 1.06. The molecule has 1 aromatic rings. The zero-order valence-electron chi connectivity index (χ0n) is 9.83. The SMILES string of the molecule is O=C(CCCl)N(Cc1ccc(Cl)c(Cl)c1)C1CC1. The Morgan fingerprint density at radius 2 is 2.00 bits per heavy atom. The van der Waals surface area contributed by atoms with Crippen LogP contribution in [0.3, 0.4) is 0 Å². The van der Waals surface area contributed by atoms with Crippen LogP contribution in [0.1, 0.15) is 24.8 Å². The summed E-state index contributed by atoms with van der Waals surface area (Å²) < 4.78 is 0. The number of halogens is 3. The fourth-order valence-electron chi connectivity index (χ4n) is 1.87. The van der Waals surface area contributed by atoms with Gasteiger partial charge in [-0.15, -0.1) is 11.6 Å². The summed E-state index contributed by atoms with van der Waals surface area (Å²) in [6.07, 6.45) is 2.55. The minimum absolute atomic E-state index is 0.110. The molecule has 1 aliphatic carbocycles. The van der Waals surface area contributed by atoms with Crippen LogP contribution in [0.5, 0.6) is 0 Å². The van der Waals surface area contributed by atoms with Crippen LogP contribution in [0, 0.1) is 0 Å². The van der Waals surface area contributed by atoms with E-state index in [0.717, 1.165) is 18.4 Å². The Bertz CT molecular complexity index is 446. The van der Waals surface area contributed by atoms with Crippen LogP contribution in [0.2, 0.25) is 10.0 Å². The highest BCUT2D eigenvalue weighted by Crippen LogP contribution is 2.30. The van der Waals surface area contributed by atoms with Crippen molar-refractivity contribution < 1.29 is 4.79 Å². The first-order valence-electron chi connectivity index (χ1n) is 5.91. The van der Waals surface area contributed by atoms with Crippen LogP contribution >= 0.6 is 34.8 Å². The summed E-state index contributed by atoms with van der Waals surface area (Å²) in [6, 6.07) is 5.84. The number of rotatable bonds is 5. The van der Waals surface area contributed by atoms with Gasteiger partial charge in [0.05, 0.1) is 10.0 Å². The van der Waals surface area contributed by atoms with Crippen molar-refractivity contribution in [1.29, 1.82) is 0 Å². The molecule has 0 bridgehead atoms. The van der Waals surface area contributed by atoms with E-state index < -0.39 is 0 Å². The molecule has 0 radical (unpaired) electrons. The molecule has 1 saturated carbocycles. The molecule has 1 aliphatic rings. The van der Waals surface area contributed by atoms with E-state index in [1.807, 2.05) is 17.0 Å². The van der Waals surface area contributed by atoms with Crippen LogP contribution < -0.4 is 0 Å². The minimum Gasteiger partial charge on any atom is -0.335 e. The van der Waals surface area contributed by atoms with Crippen molar-refractivity contribution >= 4 is 40.7 Å². The van der Waals surface area contributed by atoms with E-state index in [1.165, 1.54) is 0 Å². The fraction of sp³-hybridized carbons (Fsp3) is 0.462. The zero-order chi connectivity index (χ0) is 13.1. The van der Waals surface area contributed by atoms with Gasteiger partial charge in [0.1, 0.15) is 0 Å². The Labute approximate surface area is 122 Å². The zero-order valence-corrected chi connectivity index (χ0v) is 12.1. The van der Waals surface area contributed by atoms with Gasteiger partial charge in [0.25, 0.3) is 0 Å². The number of hydrogen-bond acceptors (Lipinski definition) is 1. The first-order chi connectivity index (χ1) is 8.61. The van der Waals surface area contributed by atoms with Gasteiger partial charge in [0.2, 0.25) is 5.91 Å². The van der Waals surface area contributed by atoms with Gasteiger partial charge in [0.15, 0.2) is 0 Å². The highest BCUT2D eigenvalue weighted by atomic mass is 35.5. The lowest BCUT2D eigenvalue weighted by Gasteiger charge is -2.22. The van der Waals surface area contributed by atoms with Gasteiger partial charge in [-0.05, 0) is 30.5 Å². The molecule has 98 valence electrons. The van der Waals surface area contributed by atoms with Gasteiger partial charge in [-0.2, -0.15) is 0 Å². The van der Waals surface area contributed by atoms with Gasteiger partial charge in [-0.25, -0.2) is 0 Å². The molecule has 0 spiro atoms. The monoisotopic (exact) mass is 305 g/mol. The summed E-state index contributed by atoms with van der Waals surface area (Å²) in [7, 11) is 0. The number of carbonyl (C=O) groups is 1. The third-order valence-corrected chi connectivity index (χ3v) is 3.88. The summed E-state index contributed by atoms with van der Waals surface area (Å²) in [4.78, 5) is 13.9. The highest BCUT2D eigenvalue weighted by molar-refractivity contribution is 6.42. The van der Waals surface area contributed by atoms with Gasteiger partial charge in [0, 0.05) is 24.9 Å². The minimum atomic E-state index is 0.110. The molecule has 1 aromatic carbocycles. The first-order valence-corrected chi connectivity index (χ1v) is 7.20. The molecule has 0 unspecified atom stereocenters. The van der Waals surface area contributed by atoms with Crippen molar-refractivity contribution in [3.63, 3.8) is 0 Å². The molecular formula is C13H14Cl3NO. The van der Waals surface area contributed by atoms with Crippen molar-refractivity contribution in [3.8, 4) is 0 Å². The molecule has 5 heteroatoms. The predicted octanol–water partition coefficient (Wildman–Crippen LogP) is 4.11. The average Bonchev–Trinajstić information content (AvgIpc) is 3.15. The second-order valence-corrected chi connectivity index (χ2v) is 5.63. The van der Waals surface area contributed by atoms with Crippen LogP contribution in [-0.2, 0) is 11.3 Å². The van der Waals surface area contributed by atoms with E-state index in [2.05, 4.69) is 0 Å². The second-order valence-electron chi connectivity index (χ2n) is 4.44. The Morgan fingerprint density at radius 1 is 1.28 bits per heavy atom. The summed E-state index contributed by atoms with van der Waals surface area (Å²) >= 11 is 17.5. The molecular weight excluding hydrogens is 293 g/mol. The molecule has 0 saturated heterocycles. The third kappa shape index (κ3) is 3.53. The molecule has 0 N–H and O–H groups in total. The number of amides is 1. The largest absolute Gasteiger partial charge is 0.335 e. The topological polar surface area (TPSA) is 20.3 Å². The molecule has 0 atom stereocenters. The number of hydrogen-bond donors (Lipinski definition) is 0. The van der Waals surface area contributed by atoms with Crippen molar-refractivity contribution in [3.05, 3.63) is 33.8 Å². The van der Waals surface area contributed by atoms with Crippen LogP contribution in [0.15, 0.2) is 18.2 Å². The number of carbonyl (C=O) groups excluding carboxylic acids is 1. The normalized spacial score (nSPS) is 14.6. The highest BCUT2D eigenvalue weighted by Gasteiger charge is 2.32. The summed E-state index contributed by atoms with van der Waals surface area (Å²) in [5.41, 5.74) is 0.999. The lowest BCUT2D eigenvalue weighted by molar-refractivity contribution is -0.132. The average molecular weight is 307 g/mol. The quantitative estimate of drug-likeness (QED) is 0.750. The lowest BCUT2D eigenvalue weighted by Crippen LogP contribution is -2.32. The van der Waals surface area contributed by atoms with Crippen LogP contribution in [0.25, 0.3) is 0 Å². The van der Waals surface area contributed by atoms with E-state index in [-0.39, 0.29) is 5.91 Å². The van der Waals surface area contributed by atoms with Gasteiger partial charge in [-0.1, -0.05) is 29.3 Å². The van der Waals surface area contributed by atoms with Gasteiger partial charge >= 0.3 is 0 Å². The maximum absolute atomic E-state index is 12.0. The summed E-state index contributed by atoms with van der Waals surface area (Å²) in [5.74, 6) is 0.474. The molecule has 0 aromatic heterocycles. The number of alkyl halides is 1. The maximum atomic E-state index is 12.0. The molecule has 2 nitrogen and oxygen atoms in total. The number of nitrogens with zero attached hydrogens (tertiary/aromatic N) is 1. The second kappa shape index (κ2) is 6.14. The Hall–Kier alpha value is -0.440. The molecule has 0 heterocycles. The van der Waals surface area contributed by atoms with Crippen LogP contribution in [0.4, 0.5) is 0 Å². The number of benzene rings is 1. The Morgan fingerprint density at radius 3 is 2.56 bits per heavy atom. The molecule has 18 heavy (non-hydrogen) atoms. The smallest absolute Gasteiger partial charge is 0.224 e. The van der Waals surface area contributed by atoms with E-state index in [9.17, 15) is 4.79 Å². The first kappa shape index (κ1) is 14.0. The van der Waals surface area contributed by atoms with Crippen molar-refractivity contribution in [2.24, 2.45) is 0 Å². The molecule has 1 fully saturated rings. The van der Waals surface area contributed by atoms with Crippen molar-refractivity contribution in [2.75, 3.05) is 5.88 Å². The van der Waals surface area contributed by atoms with Crippen molar-refractivity contribution in [1.82, 2.24) is 4.90 Å². The van der Waals surface area contributed by atoms with E-state index in [0.29, 0.717) is 34.9 Å². The summed E-state index contributed by atoms with van der Waals surface area (Å²) in [6.45, 7) is 0.581. The fourth-order valence-corrected chi connectivity index (χ4v) is 2.35.